The van der Waals surface area contributed by atoms with Gasteiger partial charge in [0.25, 0.3) is 0 Å². The van der Waals surface area contributed by atoms with E-state index in [1.165, 1.54) is 23.1 Å². The number of hydrogen-bond donors (Lipinski definition) is 1. The van der Waals surface area contributed by atoms with Gasteiger partial charge in [0.2, 0.25) is 21.8 Å². The van der Waals surface area contributed by atoms with Crippen LogP contribution in [0.25, 0.3) is 0 Å². The molecular formula is C26H33Cl2N3O4S. The van der Waals surface area contributed by atoms with Crippen LogP contribution in [-0.4, -0.2) is 50.0 Å². The Labute approximate surface area is 223 Å². The third-order valence-electron chi connectivity index (χ3n) is 6.59. The molecule has 1 N–H and O–H groups in total. The van der Waals surface area contributed by atoms with Gasteiger partial charge in [-0.25, -0.2) is 8.42 Å². The summed E-state index contributed by atoms with van der Waals surface area (Å²) in [5, 5.41) is 3.53. The minimum absolute atomic E-state index is 0.0906. The monoisotopic (exact) mass is 553 g/mol. The van der Waals surface area contributed by atoms with Gasteiger partial charge in [0.15, 0.2) is 0 Å². The minimum atomic E-state index is -3.84. The molecule has 0 aliphatic heterocycles. The van der Waals surface area contributed by atoms with Crippen LogP contribution in [0.15, 0.2) is 42.5 Å². The molecule has 1 aliphatic carbocycles. The third-order valence-corrected chi connectivity index (χ3v) is 8.47. The van der Waals surface area contributed by atoms with Gasteiger partial charge in [-0.15, -0.1) is 0 Å². The van der Waals surface area contributed by atoms with Crippen LogP contribution in [0.3, 0.4) is 0 Å². The first-order valence-corrected chi connectivity index (χ1v) is 14.6. The van der Waals surface area contributed by atoms with Crippen LogP contribution in [-0.2, 0) is 26.2 Å². The van der Waals surface area contributed by atoms with E-state index in [2.05, 4.69) is 5.32 Å². The molecule has 3 rings (SSSR count). The molecule has 1 fully saturated rings. The minimum Gasteiger partial charge on any atom is -0.352 e. The second-order valence-corrected chi connectivity index (χ2v) is 12.1. The van der Waals surface area contributed by atoms with Crippen molar-refractivity contribution in [3.8, 4) is 0 Å². The summed E-state index contributed by atoms with van der Waals surface area (Å²) in [4.78, 5) is 28.3. The topological polar surface area (TPSA) is 86.8 Å². The zero-order valence-corrected chi connectivity index (χ0v) is 23.2. The number of aryl methyl sites for hydroxylation is 1. The van der Waals surface area contributed by atoms with Crippen LogP contribution < -0.4 is 9.62 Å². The van der Waals surface area contributed by atoms with Crippen molar-refractivity contribution < 1.29 is 18.0 Å². The molecule has 0 heterocycles. The molecule has 0 aromatic heterocycles. The van der Waals surface area contributed by atoms with Crippen LogP contribution in [0.4, 0.5) is 5.69 Å². The molecule has 7 nitrogen and oxygen atoms in total. The second kappa shape index (κ2) is 12.3. The SMILES string of the molecule is Cc1ccccc1CN(C(=O)CN(c1ccc(Cl)c(Cl)c1)S(C)(=O)=O)[C@H](C)C(=O)NC1CCCCC1. The first-order chi connectivity index (χ1) is 17.0. The van der Waals surface area contributed by atoms with E-state index in [-0.39, 0.29) is 34.2 Å². The molecule has 1 atom stereocenters. The average Bonchev–Trinajstić information content (AvgIpc) is 2.83. The van der Waals surface area contributed by atoms with Crippen LogP contribution in [0, 0.1) is 6.92 Å². The van der Waals surface area contributed by atoms with E-state index >= 15 is 0 Å². The number of hydrogen-bond acceptors (Lipinski definition) is 4. The molecule has 2 aromatic rings. The summed E-state index contributed by atoms with van der Waals surface area (Å²) < 4.78 is 26.3. The molecule has 196 valence electrons. The maximum atomic E-state index is 13.7. The number of nitrogens with one attached hydrogen (secondary N) is 1. The molecule has 0 spiro atoms. The number of benzene rings is 2. The summed E-state index contributed by atoms with van der Waals surface area (Å²) in [6.45, 7) is 3.30. The Kier molecular flexibility index (Phi) is 9.66. The predicted molar refractivity (Wildman–Crippen MR) is 145 cm³/mol. The van der Waals surface area contributed by atoms with Gasteiger partial charge < -0.3 is 10.2 Å². The van der Waals surface area contributed by atoms with Crippen molar-refractivity contribution in [2.75, 3.05) is 17.1 Å². The van der Waals surface area contributed by atoms with Crippen molar-refractivity contribution in [1.29, 1.82) is 0 Å². The molecule has 0 saturated heterocycles. The highest BCUT2D eigenvalue weighted by molar-refractivity contribution is 7.92. The van der Waals surface area contributed by atoms with Gasteiger partial charge in [-0.05, 0) is 56.0 Å². The first kappa shape index (κ1) is 28.3. The molecule has 10 heteroatoms. The van der Waals surface area contributed by atoms with Gasteiger partial charge in [0.1, 0.15) is 12.6 Å². The Hall–Kier alpha value is -2.29. The first-order valence-electron chi connectivity index (χ1n) is 12.0. The Bertz CT molecular complexity index is 1200. The lowest BCUT2D eigenvalue weighted by atomic mass is 9.95. The van der Waals surface area contributed by atoms with E-state index in [0.717, 1.165) is 53.8 Å². The van der Waals surface area contributed by atoms with Crippen molar-refractivity contribution >= 4 is 50.7 Å². The fourth-order valence-electron chi connectivity index (χ4n) is 4.38. The smallest absolute Gasteiger partial charge is 0.244 e. The standard InChI is InChI=1S/C26H33Cl2N3O4S/c1-18-9-7-8-10-20(18)16-30(19(2)26(33)29-21-11-5-4-6-12-21)25(32)17-31(36(3,34)35)22-13-14-23(27)24(28)15-22/h7-10,13-15,19,21H,4-6,11-12,16-17H2,1-3H3,(H,29,33)/t19-/m1/s1. The van der Waals surface area contributed by atoms with Gasteiger partial charge in [-0.3, -0.25) is 13.9 Å². The number of halogens is 2. The van der Waals surface area contributed by atoms with Crippen molar-refractivity contribution in [3.05, 3.63) is 63.6 Å². The van der Waals surface area contributed by atoms with E-state index in [1.54, 1.807) is 6.92 Å². The Morgan fingerprint density at radius 3 is 2.33 bits per heavy atom. The lowest BCUT2D eigenvalue weighted by molar-refractivity contribution is -0.139. The summed E-state index contributed by atoms with van der Waals surface area (Å²) >= 11 is 12.1. The Morgan fingerprint density at radius 1 is 1.06 bits per heavy atom. The lowest BCUT2D eigenvalue weighted by Gasteiger charge is -2.33. The molecule has 2 aromatic carbocycles. The van der Waals surface area contributed by atoms with Crippen molar-refractivity contribution in [2.24, 2.45) is 0 Å². The second-order valence-electron chi connectivity index (χ2n) is 9.34. The molecule has 36 heavy (non-hydrogen) atoms. The number of anilines is 1. The summed E-state index contributed by atoms with van der Waals surface area (Å²) in [5.74, 6) is -0.745. The van der Waals surface area contributed by atoms with Crippen molar-refractivity contribution in [1.82, 2.24) is 10.2 Å². The zero-order valence-electron chi connectivity index (χ0n) is 20.8. The van der Waals surface area contributed by atoms with Crippen LogP contribution >= 0.6 is 23.2 Å². The molecule has 1 aliphatic rings. The van der Waals surface area contributed by atoms with Gasteiger partial charge in [0.05, 0.1) is 22.0 Å². The van der Waals surface area contributed by atoms with Gasteiger partial charge >= 0.3 is 0 Å². The Morgan fingerprint density at radius 2 is 1.72 bits per heavy atom. The molecule has 0 radical (unpaired) electrons. The maximum absolute atomic E-state index is 13.7. The average molecular weight is 555 g/mol. The normalized spacial score (nSPS) is 15.2. The number of nitrogens with zero attached hydrogens (tertiary/aromatic N) is 2. The van der Waals surface area contributed by atoms with E-state index in [9.17, 15) is 18.0 Å². The maximum Gasteiger partial charge on any atom is 0.244 e. The fourth-order valence-corrected chi connectivity index (χ4v) is 5.51. The van der Waals surface area contributed by atoms with Crippen LogP contribution in [0.5, 0.6) is 0 Å². The lowest BCUT2D eigenvalue weighted by Crippen LogP contribution is -2.53. The van der Waals surface area contributed by atoms with Crippen molar-refractivity contribution in [2.45, 2.75) is 64.6 Å². The van der Waals surface area contributed by atoms with E-state index in [0.29, 0.717) is 0 Å². The summed E-state index contributed by atoms with van der Waals surface area (Å²) in [7, 11) is -3.84. The number of amides is 2. The van der Waals surface area contributed by atoms with Crippen LogP contribution in [0.2, 0.25) is 10.0 Å². The van der Waals surface area contributed by atoms with Gasteiger partial charge in [0, 0.05) is 12.6 Å². The largest absolute Gasteiger partial charge is 0.352 e. The predicted octanol–water partition coefficient (Wildman–Crippen LogP) is 4.93. The van der Waals surface area contributed by atoms with E-state index < -0.39 is 28.5 Å². The van der Waals surface area contributed by atoms with E-state index in [1.807, 2.05) is 31.2 Å². The fraction of sp³-hybridized carbons (Fsp3) is 0.462. The summed E-state index contributed by atoms with van der Waals surface area (Å²) in [5.41, 5.74) is 2.07. The van der Waals surface area contributed by atoms with Gasteiger partial charge in [-0.1, -0.05) is 66.7 Å². The molecule has 0 bridgehead atoms. The van der Waals surface area contributed by atoms with Crippen LogP contribution in [0.1, 0.15) is 50.2 Å². The number of rotatable bonds is 9. The highest BCUT2D eigenvalue weighted by Gasteiger charge is 2.31. The number of sulfonamides is 1. The number of carbonyl (C=O) groups excluding carboxylic acids is 2. The summed E-state index contributed by atoms with van der Waals surface area (Å²) in [6.07, 6.45) is 6.16. The highest BCUT2D eigenvalue weighted by atomic mass is 35.5. The zero-order chi connectivity index (χ0) is 26.5. The van der Waals surface area contributed by atoms with Crippen molar-refractivity contribution in [3.63, 3.8) is 0 Å². The van der Waals surface area contributed by atoms with E-state index in [4.69, 9.17) is 23.2 Å². The quantitative estimate of drug-likeness (QED) is 0.476. The molecule has 0 unspecified atom stereocenters. The number of carbonyl (C=O) groups is 2. The third kappa shape index (κ3) is 7.37. The highest BCUT2D eigenvalue weighted by Crippen LogP contribution is 2.29. The molecule has 2 amide bonds. The molecule has 1 saturated carbocycles. The summed E-state index contributed by atoms with van der Waals surface area (Å²) in [6, 6.07) is 11.3. The van der Waals surface area contributed by atoms with Gasteiger partial charge in [-0.2, -0.15) is 0 Å². The Balaban J connectivity index is 1.89. The molecular weight excluding hydrogens is 521 g/mol.